The van der Waals surface area contributed by atoms with Crippen LogP contribution in [0.2, 0.25) is 0 Å². The standard InChI is InChI=1S/C9H11ClN2S2.ClH/c10-7(8-2-1-4-13-8)6-12-3-5-14-9(12)11;/h1-2,4,7,11H,3,5-6H2;1H. The zero-order valence-electron chi connectivity index (χ0n) is 7.98. The zero-order chi connectivity index (χ0) is 9.97. The zero-order valence-corrected chi connectivity index (χ0v) is 11.2. The molecule has 0 radical (unpaired) electrons. The van der Waals surface area contributed by atoms with Crippen LogP contribution in [-0.4, -0.2) is 28.9 Å². The molecular weight excluding hydrogens is 271 g/mol. The van der Waals surface area contributed by atoms with Gasteiger partial charge >= 0.3 is 0 Å². The molecule has 0 spiro atoms. The number of thiophene rings is 1. The summed E-state index contributed by atoms with van der Waals surface area (Å²) in [5.74, 6) is 1.02. The Bertz CT molecular complexity index is 316. The third kappa shape index (κ3) is 3.28. The van der Waals surface area contributed by atoms with Crippen LogP contribution < -0.4 is 0 Å². The van der Waals surface area contributed by atoms with Crippen molar-refractivity contribution >= 4 is 52.3 Å². The first kappa shape index (κ1) is 13.2. The number of amidine groups is 1. The van der Waals surface area contributed by atoms with E-state index in [1.165, 1.54) is 4.88 Å². The highest BCUT2D eigenvalue weighted by atomic mass is 35.5. The fourth-order valence-corrected chi connectivity index (χ4v) is 3.31. The highest BCUT2D eigenvalue weighted by Gasteiger charge is 2.21. The predicted molar refractivity (Wildman–Crippen MR) is 71.9 cm³/mol. The maximum atomic E-state index is 7.66. The molecule has 0 bridgehead atoms. The van der Waals surface area contributed by atoms with Crippen molar-refractivity contribution in [1.82, 2.24) is 4.90 Å². The van der Waals surface area contributed by atoms with Crippen molar-refractivity contribution in [2.24, 2.45) is 0 Å². The summed E-state index contributed by atoms with van der Waals surface area (Å²) >= 11 is 9.53. The van der Waals surface area contributed by atoms with Crippen LogP contribution in [0.1, 0.15) is 10.3 Å². The van der Waals surface area contributed by atoms with Gasteiger partial charge in [-0.15, -0.1) is 35.3 Å². The van der Waals surface area contributed by atoms with Crippen LogP contribution in [0.3, 0.4) is 0 Å². The minimum absolute atomic E-state index is 0. The molecule has 84 valence electrons. The van der Waals surface area contributed by atoms with Crippen molar-refractivity contribution in [3.63, 3.8) is 0 Å². The number of thioether (sulfide) groups is 1. The van der Waals surface area contributed by atoms with Crippen LogP contribution >= 0.6 is 47.1 Å². The molecule has 1 saturated heterocycles. The first-order chi connectivity index (χ1) is 6.77. The van der Waals surface area contributed by atoms with E-state index in [-0.39, 0.29) is 17.8 Å². The largest absolute Gasteiger partial charge is 0.349 e. The smallest absolute Gasteiger partial charge is 0.156 e. The monoisotopic (exact) mass is 282 g/mol. The molecule has 1 fully saturated rings. The third-order valence-electron chi connectivity index (χ3n) is 2.12. The number of nitrogens with zero attached hydrogens (tertiary/aromatic N) is 1. The quantitative estimate of drug-likeness (QED) is 0.860. The van der Waals surface area contributed by atoms with E-state index in [4.69, 9.17) is 17.0 Å². The van der Waals surface area contributed by atoms with Crippen LogP contribution in [0.5, 0.6) is 0 Å². The summed E-state index contributed by atoms with van der Waals surface area (Å²) < 4.78 is 0. The molecule has 0 amide bonds. The molecule has 2 nitrogen and oxygen atoms in total. The molecule has 1 atom stereocenters. The van der Waals surface area contributed by atoms with Crippen molar-refractivity contribution in [2.45, 2.75) is 5.38 Å². The Morgan fingerprint density at radius 1 is 1.60 bits per heavy atom. The predicted octanol–water partition coefficient (Wildman–Crippen LogP) is 3.43. The van der Waals surface area contributed by atoms with Gasteiger partial charge in [0.1, 0.15) is 0 Å². The summed E-state index contributed by atoms with van der Waals surface area (Å²) in [5, 5.41) is 10.4. The SMILES string of the molecule is Cl.N=C1SCCN1CC(Cl)c1cccs1. The second-order valence-electron chi connectivity index (χ2n) is 3.08. The Hall–Kier alpha value is 0.1000. The Balaban J connectivity index is 0.00000112. The van der Waals surface area contributed by atoms with Gasteiger partial charge in [0.05, 0.1) is 5.38 Å². The number of hydrogen-bond donors (Lipinski definition) is 1. The molecule has 0 aromatic carbocycles. The minimum atomic E-state index is 0. The number of hydrogen-bond acceptors (Lipinski definition) is 3. The Kier molecular flexibility index (Phi) is 5.26. The average Bonchev–Trinajstić information content (AvgIpc) is 2.77. The number of alkyl halides is 1. The summed E-state index contributed by atoms with van der Waals surface area (Å²) in [5.41, 5.74) is 0. The molecule has 1 aliphatic rings. The highest BCUT2D eigenvalue weighted by Crippen LogP contribution is 2.28. The topological polar surface area (TPSA) is 27.1 Å². The first-order valence-corrected chi connectivity index (χ1v) is 6.71. The lowest BCUT2D eigenvalue weighted by atomic mass is 10.3. The van der Waals surface area contributed by atoms with Gasteiger partial charge in [0.15, 0.2) is 5.17 Å². The molecule has 1 aliphatic heterocycles. The van der Waals surface area contributed by atoms with E-state index in [1.54, 1.807) is 23.1 Å². The van der Waals surface area contributed by atoms with E-state index in [0.29, 0.717) is 5.17 Å². The second-order valence-corrected chi connectivity index (χ2v) is 5.67. The van der Waals surface area contributed by atoms with E-state index in [0.717, 1.165) is 18.8 Å². The molecule has 2 heterocycles. The van der Waals surface area contributed by atoms with E-state index in [1.807, 2.05) is 16.3 Å². The molecule has 1 aromatic rings. The number of halogens is 2. The van der Waals surface area contributed by atoms with Crippen molar-refractivity contribution in [3.8, 4) is 0 Å². The normalized spacial score (nSPS) is 17.7. The van der Waals surface area contributed by atoms with Gasteiger partial charge in [0.2, 0.25) is 0 Å². The summed E-state index contributed by atoms with van der Waals surface area (Å²) in [6.45, 7) is 1.71. The summed E-state index contributed by atoms with van der Waals surface area (Å²) in [6.07, 6.45) is 0. The maximum Gasteiger partial charge on any atom is 0.156 e. The molecule has 0 aliphatic carbocycles. The van der Waals surface area contributed by atoms with Gasteiger partial charge in [-0.05, 0) is 11.4 Å². The van der Waals surface area contributed by atoms with Crippen LogP contribution in [0, 0.1) is 5.41 Å². The van der Waals surface area contributed by atoms with Gasteiger partial charge in [-0.2, -0.15) is 0 Å². The lowest BCUT2D eigenvalue weighted by Gasteiger charge is -2.19. The van der Waals surface area contributed by atoms with Gasteiger partial charge in [-0.3, -0.25) is 5.41 Å². The van der Waals surface area contributed by atoms with Crippen LogP contribution in [0.25, 0.3) is 0 Å². The molecule has 1 unspecified atom stereocenters. The maximum absolute atomic E-state index is 7.66. The number of rotatable bonds is 3. The van der Waals surface area contributed by atoms with Crippen LogP contribution in [0.4, 0.5) is 0 Å². The fraction of sp³-hybridized carbons (Fsp3) is 0.444. The summed E-state index contributed by atoms with van der Waals surface area (Å²) in [6, 6.07) is 4.06. The molecule has 2 rings (SSSR count). The van der Waals surface area contributed by atoms with Crippen molar-refractivity contribution in [1.29, 1.82) is 5.41 Å². The first-order valence-electron chi connectivity index (χ1n) is 4.41. The van der Waals surface area contributed by atoms with E-state index in [2.05, 4.69) is 6.07 Å². The van der Waals surface area contributed by atoms with E-state index < -0.39 is 0 Å². The highest BCUT2D eigenvalue weighted by molar-refractivity contribution is 8.14. The van der Waals surface area contributed by atoms with Gasteiger partial charge in [-0.1, -0.05) is 17.8 Å². The van der Waals surface area contributed by atoms with Crippen molar-refractivity contribution in [2.75, 3.05) is 18.8 Å². The van der Waals surface area contributed by atoms with E-state index in [9.17, 15) is 0 Å². The van der Waals surface area contributed by atoms with Crippen molar-refractivity contribution < 1.29 is 0 Å². The number of nitrogens with one attached hydrogen (secondary N) is 1. The molecule has 1 N–H and O–H groups in total. The lowest BCUT2D eigenvalue weighted by Crippen LogP contribution is -2.27. The summed E-state index contributed by atoms with van der Waals surface area (Å²) in [4.78, 5) is 3.23. The van der Waals surface area contributed by atoms with Gasteiger partial charge < -0.3 is 4.90 Å². The third-order valence-corrected chi connectivity index (χ3v) is 4.53. The lowest BCUT2D eigenvalue weighted by molar-refractivity contribution is 0.459. The molecule has 1 aromatic heterocycles. The van der Waals surface area contributed by atoms with Gasteiger partial charge in [0, 0.05) is 23.7 Å². The Morgan fingerprint density at radius 3 is 2.93 bits per heavy atom. The second kappa shape index (κ2) is 5.99. The van der Waals surface area contributed by atoms with Gasteiger partial charge in [-0.25, -0.2) is 0 Å². The van der Waals surface area contributed by atoms with Crippen LogP contribution in [0.15, 0.2) is 17.5 Å². The molecular formula is C9H12Cl2N2S2. The van der Waals surface area contributed by atoms with Gasteiger partial charge in [0.25, 0.3) is 0 Å². The Labute approximate surface area is 109 Å². The minimum Gasteiger partial charge on any atom is -0.349 e. The average molecular weight is 283 g/mol. The van der Waals surface area contributed by atoms with Crippen LogP contribution in [-0.2, 0) is 0 Å². The molecule has 6 heteroatoms. The fourth-order valence-electron chi connectivity index (χ4n) is 1.37. The summed E-state index contributed by atoms with van der Waals surface area (Å²) in [7, 11) is 0. The van der Waals surface area contributed by atoms with Crippen molar-refractivity contribution in [3.05, 3.63) is 22.4 Å². The molecule has 0 saturated carbocycles. The molecule has 15 heavy (non-hydrogen) atoms. The Morgan fingerprint density at radius 2 is 2.40 bits per heavy atom. The van der Waals surface area contributed by atoms with E-state index >= 15 is 0 Å².